The second-order valence-electron chi connectivity index (χ2n) is 5.20. The zero-order valence-electron chi connectivity index (χ0n) is 11.6. The van der Waals surface area contributed by atoms with Gasteiger partial charge in [-0.25, -0.2) is 4.79 Å². The van der Waals surface area contributed by atoms with E-state index in [9.17, 15) is 4.79 Å². The second kappa shape index (κ2) is 6.78. The van der Waals surface area contributed by atoms with Gasteiger partial charge < -0.3 is 15.3 Å². The van der Waals surface area contributed by atoms with Crippen LogP contribution in [-0.4, -0.2) is 42.8 Å². The number of carbonyl (C=O) groups is 1. The Bertz CT molecular complexity index is 435. The number of hydrogen-bond donors (Lipinski definition) is 2. The molecule has 1 aromatic rings. The van der Waals surface area contributed by atoms with Crippen molar-refractivity contribution in [3.63, 3.8) is 0 Å². The Morgan fingerprint density at radius 1 is 1.47 bits per heavy atom. The summed E-state index contributed by atoms with van der Waals surface area (Å²) in [5.41, 5.74) is 0.866. The van der Waals surface area contributed by atoms with Gasteiger partial charge in [0.1, 0.15) is 0 Å². The first-order valence-corrected chi connectivity index (χ1v) is 6.60. The van der Waals surface area contributed by atoms with E-state index in [-0.39, 0.29) is 18.1 Å². The Kier molecular flexibility index (Phi) is 5.63. The monoisotopic (exact) mass is 284 g/mol. The van der Waals surface area contributed by atoms with Crippen LogP contribution in [0.15, 0.2) is 24.3 Å². The van der Waals surface area contributed by atoms with E-state index in [4.69, 9.17) is 16.7 Å². The van der Waals surface area contributed by atoms with Crippen LogP contribution < -0.4 is 5.32 Å². The van der Waals surface area contributed by atoms with Gasteiger partial charge in [-0.3, -0.25) is 0 Å². The summed E-state index contributed by atoms with van der Waals surface area (Å²) in [5, 5.41) is 12.3. The van der Waals surface area contributed by atoms with Crippen LogP contribution in [-0.2, 0) is 5.41 Å². The van der Waals surface area contributed by atoms with Gasteiger partial charge in [0.25, 0.3) is 0 Å². The van der Waals surface area contributed by atoms with Gasteiger partial charge in [0.2, 0.25) is 0 Å². The van der Waals surface area contributed by atoms with E-state index < -0.39 is 0 Å². The van der Waals surface area contributed by atoms with Crippen molar-refractivity contribution < 1.29 is 9.90 Å². The van der Waals surface area contributed by atoms with Gasteiger partial charge in [-0.15, -0.1) is 0 Å². The minimum absolute atomic E-state index is 0.0401. The zero-order valence-corrected chi connectivity index (χ0v) is 12.4. The molecule has 2 N–H and O–H groups in total. The fraction of sp³-hybridized carbons (Fsp3) is 0.500. The molecule has 106 valence electrons. The zero-order chi connectivity index (χ0) is 14.5. The van der Waals surface area contributed by atoms with Crippen molar-refractivity contribution in [3.05, 3.63) is 34.9 Å². The summed E-state index contributed by atoms with van der Waals surface area (Å²) in [4.78, 5) is 13.2. The van der Waals surface area contributed by atoms with E-state index in [1.807, 2.05) is 38.1 Å². The molecule has 0 aromatic heterocycles. The van der Waals surface area contributed by atoms with Gasteiger partial charge in [0, 0.05) is 30.6 Å². The molecule has 0 radical (unpaired) electrons. The van der Waals surface area contributed by atoms with Gasteiger partial charge in [0.15, 0.2) is 0 Å². The highest BCUT2D eigenvalue weighted by atomic mass is 35.5. The fourth-order valence-corrected chi connectivity index (χ4v) is 1.88. The Labute approximate surface area is 119 Å². The lowest BCUT2D eigenvalue weighted by atomic mass is 9.85. The lowest BCUT2D eigenvalue weighted by Gasteiger charge is -2.27. The summed E-state index contributed by atoms with van der Waals surface area (Å²) in [6, 6.07) is 7.44. The van der Waals surface area contributed by atoms with E-state index in [2.05, 4.69) is 5.32 Å². The van der Waals surface area contributed by atoms with Crippen LogP contribution in [0.5, 0.6) is 0 Å². The first-order valence-electron chi connectivity index (χ1n) is 6.22. The Morgan fingerprint density at radius 3 is 2.74 bits per heavy atom. The summed E-state index contributed by atoms with van der Waals surface area (Å²) in [7, 11) is 1.65. The average molecular weight is 285 g/mol. The first kappa shape index (κ1) is 15.8. The van der Waals surface area contributed by atoms with Crippen molar-refractivity contribution in [2.75, 3.05) is 26.7 Å². The van der Waals surface area contributed by atoms with E-state index in [0.29, 0.717) is 18.1 Å². The minimum Gasteiger partial charge on any atom is -0.395 e. The van der Waals surface area contributed by atoms with Crippen LogP contribution in [0.1, 0.15) is 19.4 Å². The van der Waals surface area contributed by atoms with Crippen LogP contribution in [0.3, 0.4) is 0 Å². The van der Waals surface area contributed by atoms with Crippen LogP contribution in [0, 0.1) is 0 Å². The molecule has 0 aliphatic rings. The lowest BCUT2D eigenvalue weighted by molar-refractivity contribution is 0.188. The number of likely N-dealkylation sites (N-methyl/N-ethyl adjacent to an activating group) is 1. The number of nitrogens with one attached hydrogen (secondary N) is 1. The van der Waals surface area contributed by atoms with Crippen LogP contribution in [0.25, 0.3) is 0 Å². The molecule has 1 rings (SSSR count). The molecule has 1 aromatic carbocycles. The van der Waals surface area contributed by atoms with Crippen LogP contribution in [0.4, 0.5) is 4.79 Å². The molecule has 0 saturated heterocycles. The molecule has 0 aliphatic carbocycles. The SMILES string of the molecule is CN(CCO)C(=O)NCC(C)(C)c1cccc(Cl)c1. The number of benzene rings is 1. The number of aliphatic hydroxyl groups is 1. The maximum atomic E-state index is 11.8. The minimum atomic E-state index is -0.208. The van der Waals surface area contributed by atoms with Crippen molar-refractivity contribution in [2.45, 2.75) is 19.3 Å². The van der Waals surface area contributed by atoms with Gasteiger partial charge >= 0.3 is 6.03 Å². The number of rotatable bonds is 5. The Hall–Kier alpha value is -1.26. The molecule has 2 amide bonds. The van der Waals surface area contributed by atoms with Crippen molar-refractivity contribution in [2.24, 2.45) is 0 Å². The molecule has 0 heterocycles. The van der Waals surface area contributed by atoms with E-state index in [1.54, 1.807) is 7.05 Å². The molecular formula is C14H21ClN2O2. The highest BCUT2D eigenvalue weighted by Crippen LogP contribution is 2.24. The summed E-state index contributed by atoms with van der Waals surface area (Å²) in [5.74, 6) is 0. The highest BCUT2D eigenvalue weighted by Gasteiger charge is 2.22. The molecule has 0 bridgehead atoms. The van der Waals surface area contributed by atoms with Crippen LogP contribution >= 0.6 is 11.6 Å². The number of amides is 2. The average Bonchev–Trinajstić information content (AvgIpc) is 2.36. The highest BCUT2D eigenvalue weighted by molar-refractivity contribution is 6.30. The number of hydrogen-bond acceptors (Lipinski definition) is 2. The number of halogens is 1. The molecule has 0 unspecified atom stereocenters. The van der Waals surface area contributed by atoms with Gasteiger partial charge in [-0.1, -0.05) is 37.6 Å². The van der Waals surface area contributed by atoms with E-state index in [1.165, 1.54) is 4.90 Å². The Morgan fingerprint density at radius 2 is 2.16 bits per heavy atom. The summed E-state index contributed by atoms with van der Waals surface area (Å²) >= 11 is 5.98. The molecule has 19 heavy (non-hydrogen) atoms. The normalized spacial score (nSPS) is 11.2. The summed E-state index contributed by atoms with van der Waals surface area (Å²) in [6.45, 7) is 4.88. The number of urea groups is 1. The molecule has 0 aliphatic heterocycles. The molecule has 4 nitrogen and oxygen atoms in total. The van der Waals surface area contributed by atoms with Crippen molar-refractivity contribution in [3.8, 4) is 0 Å². The summed E-state index contributed by atoms with van der Waals surface area (Å²) < 4.78 is 0. The van der Waals surface area contributed by atoms with E-state index in [0.717, 1.165) is 5.56 Å². The standard InChI is InChI=1S/C14H21ClN2O2/c1-14(2,11-5-4-6-12(15)9-11)10-16-13(19)17(3)7-8-18/h4-6,9,18H,7-8,10H2,1-3H3,(H,16,19). The summed E-state index contributed by atoms with van der Waals surface area (Å²) in [6.07, 6.45) is 0. The van der Waals surface area contributed by atoms with Crippen molar-refractivity contribution in [1.29, 1.82) is 0 Å². The Balaban J connectivity index is 2.63. The van der Waals surface area contributed by atoms with E-state index >= 15 is 0 Å². The smallest absolute Gasteiger partial charge is 0.317 e. The third-order valence-corrected chi connectivity index (χ3v) is 3.30. The van der Waals surface area contributed by atoms with Gasteiger partial charge in [-0.2, -0.15) is 0 Å². The predicted octanol–water partition coefficient (Wildman–Crippen LogP) is 2.25. The fourth-order valence-electron chi connectivity index (χ4n) is 1.69. The number of aliphatic hydroxyl groups excluding tert-OH is 1. The topological polar surface area (TPSA) is 52.6 Å². The lowest BCUT2D eigenvalue weighted by Crippen LogP contribution is -2.44. The molecular weight excluding hydrogens is 264 g/mol. The third kappa shape index (κ3) is 4.73. The molecule has 0 spiro atoms. The van der Waals surface area contributed by atoms with Crippen LogP contribution in [0.2, 0.25) is 5.02 Å². The van der Waals surface area contributed by atoms with Gasteiger partial charge in [0.05, 0.1) is 6.61 Å². The quantitative estimate of drug-likeness (QED) is 0.871. The molecule has 0 saturated carbocycles. The first-order chi connectivity index (χ1) is 8.86. The molecule has 0 fully saturated rings. The number of carbonyl (C=O) groups excluding carboxylic acids is 1. The second-order valence-corrected chi connectivity index (χ2v) is 5.63. The molecule has 5 heteroatoms. The number of nitrogens with zero attached hydrogens (tertiary/aromatic N) is 1. The van der Waals surface area contributed by atoms with Gasteiger partial charge in [-0.05, 0) is 17.7 Å². The third-order valence-electron chi connectivity index (χ3n) is 3.07. The maximum Gasteiger partial charge on any atom is 0.317 e. The van der Waals surface area contributed by atoms with Crippen molar-refractivity contribution >= 4 is 17.6 Å². The predicted molar refractivity (Wildman–Crippen MR) is 77.6 cm³/mol. The van der Waals surface area contributed by atoms with Crippen molar-refractivity contribution in [1.82, 2.24) is 10.2 Å². The molecule has 0 atom stereocenters. The maximum absolute atomic E-state index is 11.8. The largest absolute Gasteiger partial charge is 0.395 e.